The largest absolute Gasteiger partial charge is 0.495 e. The van der Waals surface area contributed by atoms with Crippen LogP contribution in [0.3, 0.4) is 0 Å². The SMILES string of the molecule is COc1ccccc1N1CCN([C@@H](C)C(=O)NC(N)=O)CC1. The minimum Gasteiger partial charge on any atom is -0.495 e. The van der Waals surface area contributed by atoms with Crippen molar-refractivity contribution in [2.75, 3.05) is 38.2 Å². The number of hydrogen-bond acceptors (Lipinski definition) is 5. The molecule has 0 aromatic heterocycles. The molecule has 3 N–H and O–H groups in total. The summed E-state index contributed by atoms with van der Waals surface area (Å²) >= 11 is 0. The fourth-order valence-electron chi connectivity index (χ4n) is 2.63. The van der Waals surface area contributed by atoms with Crippen LogP contribution < -0.4 is 20.7 Å². The molecule has 0 saturated carbocycles. The number of nitrogens with zero attached hydrogens (tertiary/aromatic N) is 2. The summed E-state index contributed by atoms with van der Waals surface area (Å²) in [5.74, 6) is 0.480. The van der Waals surface area contributed by atoms with Gasteiger partial charge in [0.05, 0.1) is 18.8 Å². The zero-order valence-corrected chi connectivity index (χ0v) is 12.9. The van der Waals surface area contributed by atoms with Gasteiger partial charge in [-0.3, -0.25) is 15.0 Å². The van der Waals surface area contributed by atoms with Crippen LogP contribution in [0.5, 0.6) is 5.75 Å². The van der Waals surface area contributed by atoms with Gasteiger partial charge in [0.25, 0.3) is 0 Å². The first-order chi connectivity index (χ1) is 10.5. The lowest BCUT2D eigenvalue weighted by molar-refractivity contribution is -0.124. The number of piperazine rings is 1. The second kappa shape index (κ2) is 7.13. The van der Waals surface area contributed by atoms with Gasteiger partial charge in [-0.15, -0.1) is 0 Å². The van der Waals surface area contributed by atoms with Crippen molar-refractivity contribution in [3.05, 3.63) is 24.3 Å². The van der Waals surface area contributed by atoms with Crippen LogP contribution in [0, 0.1) is 0 Å². The number of carbonyl (C=O) groups excluding carboxylic acids is 2. The molecule has 0 radical (unpaired) electrons. The number of hydrogen-bond donors (Lipinski definition) is 2. The zero-order valence-electron chi connectivity index (χ0n) is 12.9. The van der Waals surface area contributed by atoms with Crippen LogP contribution in [0.25, 0.3) is 0 Å². The van der Waals surface area contributed by atoms with E-state index in [4.69, 9.17) is 10.5 Å². The molecular weight excluding hydrogens is 284 g/mol. The maximum absolute atomic E-state index is 11.8. The minimum atomic E-state index is -0.815. The first-order valence-corrected chi connectivity index (χ1v) is 7.25. The third-order valence-corrected chi connectivity index (χ3v) is 3.91. The molecule has 0 spiro atoms. The van der Waals surface area contributed by atoms with Gasteiger partial charge in [-0.05, 0) is 19.1 Å². The Kier molecular flexibility index (Phi) is 5.21. The van der Waals surface area contributed by atoms with Crippen molar-refractivity contribution in [3.63, 3.8) is 0 Å². The smallest absolute Gasteiger partial charge is 0.318 e. The molecule has 120 valence electrons. The number of methoxy groups -OCH3 is 1. The fraction of sp³-hybridized carbons (Fsp3) is 0.467. The van der Waals surface area contributed by atoms with Crippen molar-refractivity contribution in [1.29, 1.82) is 0 Å². The summed E-state index contributed by atoms with van der Waals surface area (Å²) in [5, 5.41) is 2.13. The molecule has 22 heavy (non-hydrogen) atoms. The summed E-state index contributed by atoms with van der Waals surface area (Å²) in [6, 6.07) is 6.68. The molecule has 1 aromatic rings. The Hall–Kier alpha value is -2.28. The van der Waals surface area contributed by atoms with Crippen molar-refractivity contribution in [2.45, 2.75) is 13.0 Å². The van der Waals surface area contributed by atoms with Gasteiger partial charge < -0.3 is 15.4 Å². The summed E-state index contributed by atoms with van der Waals surface area (Å²) in [6.45, 7) is 4.80. The third kappa shape index (κ3) is 3.67. The molecule has 1 atom stereocenters. The number of ether oxygens (including phenoxy) is 1. The van der Waals surface area contributed by atoms with Crippen molar-refractivity contribution in [3.8, 4) is 5.75 Å². The Morgan fingerprint density at radius 2 is 1.86 bits per heavy atom. The first kappa shape index (κ1) is 16.1. The van der Waals surface area contributed by atoms with Gasteiger partial charge in [0.1, 0.15) is 5.75 Å². The van der Waals surface area contributed by atoms with Crippen molar-refractivity contribution >= 4 is 17.6 Å². The van der Waals surface area contributed by atoms with Gasteiger partial charge >= 0.3 is 6.03 Å². The number of carbonyl (C=O) groups is 2. The van der Waals surface area contributed by atoms with Crippen LogP contribution in [0.2, 0.25) is 0 Å². The van der Waals surface area contributed by atoms with Gasteiger partial charge in [0.2, 0.25) is 5.91 Å². The number of primary amides is 1. The highest BCUT2D eigenvalue weighted by Crippen LogP contribution is 2.28. The predicted octanol–water partition coefficient (Wildman–Crippen LogP) is 0.401. The summed E-state index contributed by atoms with van der Waals surface area (Å²) in [7, 11) is 1.66. The van der Waals surface area contributed by atoms with E-state index in [1.807, 2.05) is 29.2 Å². The highest BCUT2D eigenvalue weighted by molar-refractivity contribution is 5.96. The number of anilines is 1. The van der Waals surface area contributed by atoms with Crippen LogP contribution in [0.15, 0.2) is 24.3 Å². The minimum absolute atomic E-state index is 0.363. The van der Waals surface area contributed by atoms with Gasteiger partial charge in [-0.2, -0.15) is 0 Å². The number of benzene rings is 1. The van der Waals surface area contributed by atoms with Crippen LogP contribution in [0.1, 0.15) is 6.92 Å². The Morgan fingerprint density at radius 3 is 2.45 bits per heavy atom. The van der Waals surface area contributed by atoms with E-state index in [1.165, 1.54) is 0 Å². The number of urea groups is 1. The molecule has 7 heteroatoms. The molecule has 1 heterocycles. The van der Waals surface area contributed by atoms with Crippen LogP contribution in [-0.2, 0) is 4.79 Å². The van der Waals surface area contributed by atoms with E-state index in [0.29, 0.717) is 0 Å². The maximum atomic E-state index is 11.8. The van der Waals surface area contributed by atoms with Gasteiger partial charge in [-0.1, -0.05) is 12.1 Å². The second-order valence-corrected chi connectivity index (χ2v) is 5.22. The van der Waals surface area contributed by atoms with Gasteiger partial charge in [0, 0.05) is 26.2 Å². The van der Waals surface area contributed by atoms with Crippen molar-refractivity contribution < 1.29 is 14.3 Å². The summed E-state index contributed by atoms with van der Waals surface area (Å²) in [4.78, 5) is 26.8. The van der Waals surface area contributed by atoms with E-state index in [2.05, 4.69) is 10.2 Å². The Balaban J connectivity index is 1.95. The van der Waals surface area contributed by atoms with Crippen LogP contribution >= 0.6 is 0 Å². The van der Waals surface area contributed by atoms with E-state index in [9.17, 15) is 9.59 Å². The number of amides is 3. The molecular formula is C15H22N4O3. The molecule has 1 aliphatic rings. The maximum Gasteiger partial charge on any atom is 0.318 e. The number of nitrogens with two attached hydrogens (primary N) is 1. The van der Waals surface area contributed by atoms with E-state index in [1.54, 1.807) is 14.0 Å². The molecule has 1 fully saturated rings. The molecule has 1 saturated heterocycles. The van der Waals surface area contributed by atoms with E-state index >= 15 is 0 Å². The summed E-state index contributed by atoms with van der Waals surface area (Å²) in [6.07, 6.45) is 0. The molecule has 0 aliphatic carbocycles. The summed E-state index contributed by atoms with van der Waals surface area (Å²) < 4.78 is 5.38. The van der Waals surface area contributed by atoms with E-state index < -0.39 is 6.03 Å². The molecule has 3 amide bonds. The average Bonchev–Trinajstić information content (AvgIpc) is 2.53. The molecule has 2 rings (SSSR count). The van der Waals surface area contributed by atoms with Crippen LogP contribution in [0.4, 0.5) is 10.5 Å². The summed E-state index contributed by atoms with van der Waals surface area (Å²) in [5.41, 5.74) is 6.03. The van der Waals surface area contributed by atoms with Gasteiger partial charge in [0.15, 0.2) is 0 Å². The van der Waals surface area contributed by atoms with Crippen molar-refractivity contribution in [2.24, 2.45) is 5.73 Å². The Labute approximate surface area is 130 Å². The van der Waals surface area contributed by atoms with E-state index in [0.717, 1.165) is 37.6 Å². The Morgan fingerprint density at radius 1 is 1.23 bits per heavy atom. The standard InChI is InChI=1S/C15H22N4O3/c1-11(14(20)17-15(16)21)18-7-9-19(10-8-18)12-5-3-4-6-13(12)22-2/h3-6,11H,7-10H2,1-2H3,(H3,16,17,20,21)/t11-/m0/s1. The van der Waals surface area contributed by atoms with Crippen LogP contribution in [-0.4, -0.2) is 56.2 Å². The lowest BCUT2D eigenvalue weighted by Crippen LogP contribution is -2.55. The molecule has 0 unspecified atom stereocenters. The normalized spacial score (nSPS) is 16.9. The topological polar surface area (TPSA) is 87.9 Å². The predicted molar refractivity (Wildman–Crippen MR) is 84.0 cm³/mol. The number of nitrogens with one attached hydrogen (secondary N) is 1. The molecule has 1 aromatic carbocycles. The molecule has 1 aliphatic heterocycles. The Bertz CT molecular complexity index is 541. The highest BCUT2D eigenvalue weighted by atomic mass is 16.5. The third-order valence-electron chi connectivity index (χ3n) is 3.91. The monoisotopic (exact) mass is 306 g/mol. The van der Waals surface area contributed by atoms with E-state index in [-0.39, 0.29) is 11.9 Å². The molecule has 7 nitrogen and oxygen atoms in total. The van der Waals surface area contributed by atoms with Gasteiger partial charge in [-0.25, -0.2) is 4.79 Å². The van der Waals surface area contributed by atoms with Crippen molar-refractivity contribution in [1.82, 2.24) is 10.2 Å². The zero-order chi connectivity index (χ0) is 16.1. The lowest BCUT2D eigenvalue weighted by Gasteiger charge is -2.38. The lowest BCUT2D eigenvalue weighted by atomic mass is 10.2. The fourth-order valence-corrected chi connectivity index (χ4v) is 2.63. The first-order valence-electron chi connectivity index (χ1n) is 7.25. The number of para-hydroxylation sites is 2. The second-order valence-electron chi connectivity index (χ2n) is 5.22. The average molecular weight is 306 g/mol. The number of rotatable bonds is 4. The number of imide groups is 1. The molecule has 0 bridgehead atoms. The quantitative estimate of drug-likeness (QED) is 0.841. The highest BCUT2D eigenvalue weighted by Gasteiger charge is 2.27.